The van der Waals surface area contributed by atoms with Gasteiger partial charge in [0.05, 0.1) is 17.9 Å². The van der Waals surface area contributed by atoms with Crippen LogP contribution in [-0.4, -0.2) is 41.9 Å². The molecule has 0 bridgehead atoms. The Balaban J connectivity index is 3.78. The van der Waals surface area contributed by atoms with Crippen molar-refractivity contribution in [3.8, 4) is 0 Å². The first-order chi connectivity index (χ1) is 20.3. The van der Waals surface area contributed by atoms with E-state index in [9.17, 15) is 22.9 Å². The minimum absolute atomic E-state index is 0.286. The molecule has 0 heterocycles. The van der Waals surface area contributed by atoms with Crippen LogP contribution in [0.3, 0.4) is 0 Å². The van der Waals surface area contributed by atoms with E-state index in [2.05, 4.69) is 31.3 Å². The van der Waals surface area contributed by atoms with Crippen molar-refractivity contribution in [1.29, 1.82) is 0 Å². The van der Waals surface area contributed by atoms with Crippen molar-refractivity contribution in [3.05, 3.63) is 24.3 Å². The van der Waals surface area contributed by atoms with Crippen molar-refractivity contribution >= 4 is 16.0 Å². The molecular formula is C35H67NO5S. The Hall–Kier alpha value is -1.18. The van der Waals surface area contributed by atoms with Crippen LogP contribution in [0.5, 0.6) is 0 Å². The average Bonchev–Trinajstić information content (AvgIpc) is 2.94. The fourth-order valence-electron chi connectivity index (χ4n) is 5.21. The standard InChI is InChI=1S/C35H67NO5S/c1-3-5-7-9-11-12-13-14-15-16-17-18-19-20-21-22-23-24-25-27-29-31-35(38)36-33(32-42(39,40)41)34(37)30-28-26-10-8-6-4-2/h16-17,28,30,33-34,37H,3-15,18-27,29,31-32H2,1-2H3,(H,36,38)(H,39,40,41)/b17-16-,30-28+. The molecule has 248 valence electrons. The summed E-state index contributed by atoms with van der Waals surface area (Å²) in [5, 5.41) is 13.0. The summed E-state index contributed by atoms with van der Waals surface area (Å²) < 4.78 is 32.1. The largest absolute Gasteiger partial charge is 0.387 e. The van der Waals surface area contributed by atoms with E-state index in [0.29, 0.717) is 6.42 Å². The van der Waals surface area contributed by atoms with E-state index in [1.807, 2.05) is 6.08 Å². The SMILES string of the molecule is CCCCCC/C=C/C(O)C(CS(=O)(=O)O)NC(=O)CCCCCCCCCCC/C=C\CCCCCCCCCC. The van der Waals surface area contributed by atoms with Gasteiger partial charge in [-0.1, -0.05) is 147 Å². The van der Waals surface area contributed by atoms with Crippen molar-refractivity contribution < 1.29 is 22.9 Å². The fourth-order valence-corrected chi connectivity index (χ4v) is 5.94. The highest BCUT2D eigenvalue weighted by molar-refractivity contribution is 7.85. The highest BCUT2D eigenvalue weighted by atomic mass is 32.2. The Morgan fingerprint density at radius 3 is 1.45 bits per heavy atom. The van der Waals surface area contributed by atoms with Crippen molar-refractivity contribution in [2.24, 2.45) is 0 Å². The summed E-state index contributed by atoms with van der Waals surface area (Å²) in [6.07, 6.45) is 36.3. The number of aliphatic hydroxyl groups is 1. The zero-order valence-electron chi connectivity index (χ0n) is 27.4. The Bertz CT molecular complexity index is 765. The molecular weight excluding hydrogens is 546 g/mol. The predicted molar refractivity (Wildman–Crippen MR) is 179 cm³/mol. The van der Waals surface area contributed by atoms with Crippen LogP contribution in [0.1, 0.15) is 174 Å². The lowest BCUT2D eigenvalue weighted by molar-refractivity contribution is -0.122. The smallest absolute Gasteiger partial charge is 0.267 e. The maximum absolute atomic E-state index is 12.4. The van der Waals surface area contributed by atoms with Crippen LogP contribution in [0.4, 0.5) is 0 Å². The minimum atomic E-state index is -4.32. The van der Waals surface area contributed by atoms with E-state index in [4.69, 9.17) is 0 Å². The van der Waals surface area contributed by atoms with Crippen molar-refractivity contribution in [2.75, 3.05) is 5.75 Å². The van der Waals surface area contributed by atoms with Crippen LogP contribution in [0.2, 0.25) is 0 Å². The van der Waals surface area contributed by atoms with Gasteiger partial charge in [-0.25, -0.2) is 0 Å². The highest BCUT2D eigenvalue weighted by Gasteiger charge is 2.24. The molecule has 0 aromatic heterocycles. The lowest BCUT2D eigenvalue weighted by Crippen LogP contribution is -2.46. The molecule has 0 aliphatic rings. The summed E-state index contributed by atoms with van der Waals surface area (Å²) in [5.74, 6) is -0.985. The normalized spacial score (nSPS) is 13.7. The number of allylic oxidation sites excluding steroid dienone is 3. The summed E-state index contributed by atoms with van der Waals surface area (Å²) in [4.78, 5) is 12.4. The molecule has 7 heteroatoms. The van der Waals surface area contributed by atoms with Crippen LogP contribution in [0.25, 0.3) is 0 Å². The van der Waals surface area contributed by atoms with Gasteiger partial charge >= 0.3 is 0 Å². The number of amides is 1. The quantitative estimate of drug-likeness (QED) is 0.0410. The number of hydrogen-bond acceptors (Lipinski definition) is 4. The van der Waals surface area contributed by atoms with Crippen molar-refractivity contribution in [3.63, 3.8) is 0 Å². The summed E-state index contributed by atoms with van der Waals surface area (Å²) in [6, 6.07) is -1.05. The van der Waals surface area contributed by atoms with Gasteiger partial charge in [-0.2, -0.15) is 8.42 Å². The van der Waals surface area contributed by atoms with Crippen LogP contribution < -0.4 is 5.32 Å². The second kappa shape index (κ2) is 29.9. The monoisotopic (exact) mass is 613 g/mol. The molecule has 0 aromatic carbocycles. The molecule has 1 amide bonds. The molecule has 0 saturated carbocycles. The maximum atomic E-state index is 12.4. The first-order valence-corrected chi connectivity index (χ1v) is 19.1. The molecule has 42 heavy (non-hydrogen) atoms. The minimum Gasteiger partial charge on any atom is -0.387 e. The molecule has 0 fully saturated rings. The number of rotatable bonds is 31. The zero-order valence-corrected chi connectivity index (χ0v) is 28.2. The van der Waals surface area contributed by atoms with Gasteiger partial charge in [0.15, 0.2) is 0 Å². The summed E-state index contributed by atoms with van der Waals surface area (Å²) in [6.45, 7) is 4.41. The van der Waals surface area contributed by atoms with Crippen molar-refractivity contribution in [1.82, 2.24) is 5.32 Å². The molecule has 0 aliphatic heterocycles. The first-order valence-electron chi connectivity index (χ1n) is 17.5. The number of unbranched alkanes of at least 4 members (excludes halogenated alkanes) is 21. The topological polar surface area (TPSA) is 104 Å². The van der Waals surface area contributed by atoms with Crippen molar-refractivity contribution in [2.45, 2.75) is 187 Å². The third-order valence-corrected chi connectivity index (χ3v) is 8.65. The fraction of sp³-hybridized carbons (Fsp3) is 0.857. The maximum Gasteiger partial charge on any atom is 0.267 e. The number of carbonyl (C=O) groups excluding carboxylic acids is 1. The molecule has 6 nitrogen and oxygen atoms in total. The van der Waals surface area contributed by atoms with Gasteiger partial charge in [-0.05, 0) is 44.9 Å². The number of nitrogens with one attached hydrogen (secondary N) is 1. The molecule has 0 aromatic rings. The summed E-state index contributed by atoms with van der Waals surface area (Å²) in [7, 11) is -4.32. The lowest BCUT2D eigenvalue weighted by Gasteiger charge is -2.21. The van der Waals surface area contributed by atoms with Gasteiger partial charge in [0.2, 0.25) is 5.91 Å². The zero-order chi connectivity index (χ0) is 31.2. The molecule has 3 N–H and O–H groups in total. The Morgan fingerprint density at radius 2 is 1.00 bits per heavy atom. The van der Waals surface area contributed by atoms with E-state index in [0.717, 1.165) is 51.4 Å². The number of carbonyl (C=O) groups is 1. The third kappa shape index (κ3) is 30.3. The molecule has 0 radical (unpaired) electrons. The van der Waals surface area contributed by atoms with Crippen LogP contribution >= 0.6 is 0 Å². The summed E-state index contributed by atoms with van der Waals surface area (Å²) >= 11 is 0. The molecule has 0 rings (SSSR count). The predicted octanol–water partition coefficient (Wildman–Crippen LogP) is 9.62. The second-order valence-electron chi connectivity index (χ2n) is 12.1. The Labute approximate surface area is 260 Å². The van der Waals surface area contributed by atoms with E-state index in [1.54, 1.807) is 0 Å². The van der Waals surface area contributed by atoms with E-state index in [1.165, 1.54) is 109 Å². The third-order valence-electron chi connectivity index (χ3n) is 7.87. The van der Waals surface area contributed by atoms with Gasteiger partial charge in [0.1, 0.15) is 0 Å². The van der Waals surface area contributed by atoms with Gasteiger partial charge < -0.3 is 10.4 Å². The van der Waals surface area contributed by atoms with E-state index < -0.39 is 28.0 Å². The van der Waals surface area contributed by atoms with E-state index in [-0.39, 0.29) is 5.91 Å². The van der Waals surface area contributed by atoms with Crippen LogP contribution in [0, 0.1) is 0 Å². The lowest BCUT2D eigenvalue weighted by atomic mass is 10.0. The van der Waals surface area contributed by atoms with Gasteiger partial charge in [-0.15, -0.1) is 0 Å². The molecule has 2 unspecified atom stereocenters. The molecule has 0 saturated heterocycles. The number of hydrogen-bond donors (Lipinski definition) is 3. The molecule has 0 spiro atoms. The Morgan fingerprint density at radius 1 is 0.619 bits per heavy atom. The highest BCUT2D eigenvalue weighted by Crippen LogP contribution is 2.13. The van der Waals surface area contributed by atoms with Gasteiger partial charge in [-0.3, -0.25) is 9.35 Å². The van der Waals surface area contributed by atoms with Gasteiger partial charge in [0.25, 0.3) is 10.1 Å². The number of aliphatic hydroxyl groups excluding tert-OH is 1. The average molecular weight is 614 g/mol. The van der Waals surface area contributed by atoms with Crippen LogP contribution in [-0.2, 0) is 14.9 Å². The van der Waals surface area contributed by atoms with Gasteiger partial charge in [0, 0.05) is 6.42 Å². The van der Waals surface area contributed by atoms with Crippen LogP contribution in [0.15, 0.2) is 24.3 Å². The molecule has 2 atom stereocenters. The molecule has 0 aliphatic carbocycles. The second-order valence-corrected chi connectivity index (χ2v) is 13.6. The first kappa shape index (κ1) is 40.8. The summed E-state index contributed by atoms with van der Waals surface area (Å²) in [5.41, 5.74) is 0. The Kier molecular flexibility index (Phi) is 29.0. The van der Waals surface area contributed by atoms with E-state index >= 15 is 0 Å².